The van der Waals surface area contributed by atoms with E-state index >= 15 is 0 Å². The SMILES string of the molecule is CC(C)(C)N(Cc1nc(-c2ccccc2)c(Sc2ccccc2)s1)C(=O)O. The van der Waals surface area contributed by atoms with Gasteiger partial charge in [-0.05, 0) is 32.9 Å². The van der Waals surface area contributed by atoms with Crippen molar-refractivity contribution in [1.82, 2.24) is 9.88 Å². The molecule has 0 bridgehead atoms. The van der Waals surface area contributed by atoms with Crippen LogP contribution in [-0.2, 0) is 6.54 Å². The van der Waals surface area contributed by atoms with Crippen molar-refractivity contribution in [3.05, 3.63) is 65.7 Å². The van der Waals surface area contributed by atoms with Crippen molar-refractivity contribution in [1.29, 1.82) is 0 Å². The van der Waals surface area contributed by atoms with Crippen LogP contribution in [0.15, 0.2) is 69.8 Å². The van der Waals surface area contributed by atoms with Crippen molar-refractivity contribution >= 4 is 29.2 Å². The number of carbonyl (C=O) groups is 1. The summed E-state index contributed by atoms with van der Waals surface area (Å²) < 4.78 is 1.07. The maximum Gasteiger partial charge on any atom is 0.408 e. The Kier molecular flexibility index (Phi) is 5.87. The second-order valence-corrected chi connectivity index (χ2v) is 9.49. The fraction of sp³-hybridized carbons (Fsp3) is 0.238. The van der Waals surface area contributed by atoms with Gasteiger partial charge in [-0.2, -0.15) is 0 Å². The lowest BCUT2D eigenvalue weighted by Gasteiger charge is -2.32. The lowest BCUT2D eigenvalue weighted by molar-refractivity contribution is 0.0955. The number of benzene rings is 2. The number of aromatic nitrogens is 1. The van der Waals surface area contributed by atoms with Gasteiger partial charge < -0.3 is 5.11 Å². The fourth-order valence-electron chi connectivity index (χ4n) is 2.59. The average Bonchev–Trinajstić information content (AvgIpc) is 3.02. The van der Waals surface area contributed by atoms with E-state index in [0.29, 0.717) is 0 Å². The molecule has 0 saturated heterocycles. The third-order valence-corrected chi connectivity index (χ3v) is 6.20. The van der Waals surface area contributed by atoms with E-state index in [4.69, 9.17) is 4.98 Å². The van der Waals surface area contributed by atoms with Crippen LogP contribution in [0.25, 0.3) is 11.3 Å². The Morgan fingerprint density at radius 1 is 1.07 bits per heavy atom. The van der Waals surface area contributed by atoms with E-state index in [2.05, 4.69) is 12.1 Å². The summed E-state index contributed by atoms with van der Waals surface area (Å²) in [6.07, 6.45) is -0.934. The number of thiazole rings is 1. The van der Waals surface area contributed by atoms with E-state index in [0.717, 1.165) is 25.4 Å². The quantitative estimate of drug-likeness (QED) is 0.553. The molecule has 3 aromatic rings. The van der Waals surface area contributed by atoms with Crippen LogP contribution in [0.1, 0.15) is 25.8 Å². The first kappa shape index (κ1) is 19.5. The molecule has 0 saturated carbocycles. The van der Waals surface area contributed by atoms with Gasteiger partial charge >= 0.3 is 6.09 Å². The van der Waals surface area contributed by atoms with Crippen molar-refractivity contribution in [3.63, 3.8) is 0 Å². The maximum absolute atomic E-state index is 11.7. The van der Waals surface area contributed by atoms with Crippen LogP contribution in [0.4, 0.5) is 4.79 Å². The Labute approximate surface area is 167 Å². The molecule has 140 valence electrons. The highest BCUT2D eigenvalue weighted by Gasteiger charge is 2.28. The van der Waals surface area contributed by atoms with Gasteiger partial charge in [0.25, 0.3) is 0 Å². The maximum atomic E-state index is 11.7. The molecule has 1 amide bonds. The van der Waals surface area contributed by atoms with Gasteiger partial charge in [-0.25, -0.2) is 9.78 Å². The van der Waals surface area contributed by atoms with Gasteiger partial charge in [-0.15, -0.1) is 11.3 Å². The molecule has 0 spiro atoms. The second-order valence-electron chi connectivity index (χ2n) is 7.06. The molecule has 0 aliphatic carbocycles. The topological polar surface area (TPSA) is 53.4 Å². The first-order valence-corrected chi connectivity index (χ1v) is 10.3. The summed E-state index contributed by atoms with van der Waals surface area (Å²) in [7, 11) is 0. The highest BCUT2D eigenvalue weighted by molar-refractivity contribution is 8.01. The van der Waals surface area contributed by atoms with Gasteiger partial charge in [0.15, 0.2) is 0 Å². The molecule has 4 nitrogen and oxygen atoms in total. The highest BCUT2D eigenvalue weighted by Crippen LogP contribution is 2.40. The molecule has 27 heavy (non-hydrogen) atoms. The van der Waals surface area contributed by atoms with Crippen LogP contribution in [0, 0.1) is 0 Å². The minimum atomic E-state index is -0.934. The third-order valence-electron chi connectivity index (χ3n) is 3.98. The van der Waals surface area contributed by atoms with Crippen molar-refractivity contribution in [2.75, 3.05) is 0 Å². The molecule has 1 aromatic heterocycles. The van der Waals surface area contributed by atoms with Gasteiger partial charge in [0.05, 0.1) is 16.4 Å². The largest absolute Gasteiger partial charge is 0.465 e. The van der Waals surface area contributed by atoms with Crippen LogP contribution in [-0.4, -0.2) is 26.6 Å². The molecule has 1 heterocycles. The van der Waals surface area contributed by atoms with Crippen molar-refractivity contribution < 1.29 is 9.90 Å². The Morgan fingerprint density at radius 2 is 1.67 bits per heavy atom. The molecule has 0 atom stereocenters. The second kappa shape index (κ2) is 8.15. The summed E-state index contributed by atoms with van der Waals surface area (Å²) in [6.45, 7) is 5.96. The van der Waals surface area contributed by atoms with Crippen LogP contribution in [0.2, 0.25) is 0 Å². The number of carboxylic acid groups (broad SMARTS) is 1. The van der Waals surface area contributed by atoms with Gasteiger partial charge in [0.1, 0.15) is 5.01 Å². The molecule has 0 radical (unpaired) electrons. The monoisotopic (exact) mass is 398 g/mol. The standard InChI is InChI=1S/C21H22N2O2S2/c1-21(2,3)23(20(24)25)14-17-22-18(15-10-6-4-7-11-15)19(27-17)26-16-12-8-5-9-13-16/h4-13H,14H2,1-3H3,(H,24,25). The zero-order chi connectivity index (χ0) is 19.4. The number of nitrogens with zero attached hydrogens (tertiary/aromatic N) is 2. The number of hydrogen-bond donors (Lipinski definition) is 1. The van der Waals surface area contributed by atoms with Crippen LogP contribution in [0.3, 0.4) is 0 Å². The Hall–Kier alpha value is -2.31. The Bertz CT molecular complexity index is 903. The Morgan fingerprint density at radius 3 is 2.22 bits per heavy atom. The number of rotatable bonds is 5. The number of amides is 1. The van der Waals surface area contributed by atoms with E-state index in [1.807, 2.05) is 69.3 Å². The smallest absolute Gasteiger partial charge is 0.408 e. The van der Waals surface area contributed by atoms with Crippen LogP contribution >= 0.6 is 23.1 Å². The molecule has 2 aromatic carbocycles. The predicted molar refractivity (Wildman–Crippen MR) is 111 cm³/mol. The molecular weight excluding hydrogens is 376 g/mol. The van der Waals surface area contributed by atoms with E-state index in [1.54, 1.807) is 23.1 Å². The van der Waals surface area contributed by atoms with Gasteiger partial charge in [0.2, 0.25) is 0 Å². The molecule has 0 fully saturated rings. The van der Waals surface area contributed by atoms with E-state index in [1.165, 1.54) is 4.90 Å². The average molecular weight is 399 g/mol. The first-order valence-electron chi connectivity index (χ1n) is 8.63. The predicted octanol–water partition coefficient (Wildman–Crippen LogP) is 6.24. The minimum absolute atomic E-state index is 0.276. The number of hydrogen-bond acceptors (Lipinski definition) is 4. The van der Waals surface area contributed by atoms with Crippen molar-refractivity contribution in [2.24, 2.45) is 0 Å². The van der Waals surface area contributed by atoms with Gasteiger partial charge in [0, 0.05) is 16.0 Å². The summed E-state index contributed by atoms with van der Waals surface area (Å²) in [5.41, 5.74) is 1.46. The summed E-state index contributed by atoms with van der Waals surface area (Å²) in [5, 5.41) is 10.4. The molecule has 0 aliphatic heterocycles. The highest BCUT2D eigenvalue weighted by atomic mass is 32.2. The molecule has 1 N–H and O–H groups in total. The fourth-order valence-corrected chi connectivity index (χ4v) is 4.90. The van der Waals surface area contributed by atoms with E-state index < -0.39 is 11.6 Å². The molecule has 0 aliphatic rings. The zero-order valence-electron chi connectivity index (χ0n) is 15.5. The zero-order valence-corrected chi connectivity index (χ0v) is 17.2. The van der Waals surface area contributed by atoms with Crippen LogP contribution < -0.4 is 0 Å². The molecular formula is C21H22N2O2S2. The normalized spacial score (nSPS) is 11.4. The van der Waals surface area contributed by atoms with Crippen molar-refractivity contribution in [2.45, 2.75) is 42.0 Å². The lowest BCUT2D eigenvalue weighted by atomic mass is 10.1. The van der Waals surface area contributed by atoms with Crippen LogP contribution in [0.5, 0.6) is 0 Å². The minimum Gasteiger partial charge on any atom is -0.465 e. The summed E-state index contributed by atoms with van der Waals surface area (Å²) in [5.74, 6) is 0. The summed E-state index contributed by atoms with van der Waals surface area (Å²) >= 11 is 3.22. The van der Waals surface area contributed by atoms with Gasteiger partial charge in [-0.1, -0.05) is 60.3 Å². The molecule has 3 rings (SSSR count). The first-order chi connectivity index (χ1) is 12.8. The van der Waals surface area contributed by atoms with Gasteiger partial charge in [-0.3, -0.25) is 4.90 Å². The van der Waals surface area contributed by atoms with E-state index in [9.17, 15) is 9.90 Å². The molecule has 6 heteroatoms. The third kappa shape index (κ3) is 4.90. The summed E-state index contributed by atoms with van der Waals surface area (Å²) in [6, 6.07) is 20.2. The van der Waals surface area contributed by atoms with E-state index in [-0.39, 0.29) is 6.54 Å². The van der Waals surface area contributed by atoms with Crippen molar-refractivity contribution in [3.8, 4) is 11.3 Å². The molecule has 0 unspecified atom stereocenters. The Balaban J connectivity index is 1.98. The lowest BCUT2D eigenvalue weighted by Crippen LogP contribution is -2.44. The summed E-state index contributed by atoms with van der Waals surface area (Å²) in [4.78, 5) is 19.1.